The molecule has 0 radical (unpaired) electrons. The highest BCUT2D eigenvalue weighted by molar-refractivity contribution is 7.07. The maximum Gasteiger partial charge on any atom is 0.179 e. The topological polar surface area (TPSA) is 50.7 Å². The third-order valence-corrected chi connectivity index (χ3v) is 3.82. The summed E-state index contributed by atoms with van der Waals surface area (Å²) >= 11 is 1.57. The largest absolute Gasteiger partial charge is 0.315 e. The summed E-state index contributed by atoms with van der Waals surface area (Å²) in [7, 11) is 0. The molecule has 2 heterocycles. The zero-order chi connectivity index (χ0) is 14.5. The number of rotatable bonds is 6. The molecular weight excluding hydrogens is 268 g/mol. The third kappa shape index (κ3) is 3.84. The Hall–Kier alpha value is -1.33. The van der Waals surface area contributed by atoms with E-state index in [2.05, 4.69) is 48.0 Å². The maximum absolute atomic E-state index is 4.60. The van der Waals surface area contributed by atoms with Crippen LogP contribution in [0.15, 0.2) is 10.9 Å². The Morgan fingerprint density at radius 2 is 1.90 bits per heavy atom. The summed E-state index contributed by atoms with van der Waals surface area (Å²) in [6, 6.07) is 0.542. The van der Waals surface area contributed by atoms with Crippen LogP contribution in [0.3, 0.4) is 0 Å². The minimum absolute atomic E-state index is 0.542. The van der Waals surface area contributed by atoms with Crippen molar-refractivity contribution >= 4 is 11.3 Å². The van der Waals surface area contributed by atoms with Gasteiger partial charge in [-0.05, 0) is 38.8 Å². The molecule has 0 amide bonds. The van der Waals surface area contributed by atoms with Crippen molar-refractivity contribution in [3.63, 3.8) is 0 Å². The molecule has 0 aliphatic heterocycles. The average Bonchev–Trinajstić information content (AvgIpc) is 2.90. The van der Waals surface area contributed by atoms with Gasteiger partial charge in [-0.25, -0.2) is 15.0 Å². The summed E-state index contributed by atoms with van der Waals surface area (Å²) in [5.41, 5.74) is 6.10. The van der Waals surface area contributed by atoms with E-state index in [4.69, 9.17) is 0 Å². The van der Waals surface area contributed by atoms with Gasteiger partial charge in [0.05, 0.1) is 5.51 Å². The van der Waals surface area contributed by atoms with E-state index in [9.17, 15) is 0 Å². The monoisotopic (exact) mass is 290 g/mol. The molecule has 0 spiro atoms. The molecule has 2 aromatic heterocycles. The lowest BCUT2D eigenvalue weighted by Crippen LogP contribution is -2.24. The Balaban J connectivity index is 2.07. The Morgan fingerprint density at radius 3 is 2.45 bits per heavy atom. The van der Waals surface area contributed by atoms with Crippen molar-refractivity contribution in [2.75, 3.05) is 6.54 Å². The normalized spacial score (nSPS) is 11.2. The molecule has 0 saturated carbocycles. The Morgan fingerprint density at radius 1 is 1.20 bits per heavy atom. The fourth-order valence-electron chi connectivity index (χ4n) is 2.19. The molecule has 0 bridgehead atoms. The standard InChI is InChI=1S/C15H22N4S/c1-10(2)16-7-5-6-13-11(3)18-15(19-12(13)4)14-8-20-9-17-14/h8-10,16H,5-7H2,1-4H3. The molecule has 0 aliphatic rings. The molecule has 0 atom stereocenters. The van der Waals surface area contributed by atoms with Crippen molar-refractivity contribution in [1.82, 2.24) is 20.3 Å². The Kier molecular flexibility index (Phi) is 5.20. The summed E-state index contributed by atoms with van der Waals surface area (Å²) in [5.74, 6) is 0.741. The number of hydrogen-bond donors (Lipinski definition) is 1. The molecule has 5 heteroatoms. The fraction of sp³-hybridized carbons (Fsp3) is 0.533. The first-order chi connectivity index (χ1) is 9.58. The van der Waals surface area contributed by atoms with Crippen molar-refractivity contribution in [2.45, 2.75) is 46.6 Å². The SMILES string of the molecule is Cc1nc(-c2cscn2)nc(C)c1CCCNC(C)C. The van der Waals surface area contributed by atoms with Crippen LogP contribution in [-0.2, 0) is 6.42 Å². The summed E-state index contributed by atoms with van der Waals surface area (Å²) in [6.07, 6.45) is 2.13. The van der Waals surface area contributed by atoms with E-state index in [1.165, 1.54) is 5.56 Å². The first-order valence-corrected chi connectivity index (χ1v) is 7.98. The molecule has 4 nitrogen and oxygen atoms in total. The lowest BCUT2D eigenvalue weighted by Gasteiger charge is -2.11. The number of hydrogen-bond acceptors (Lipinski definition) is 5. The first kappa shape index (κ1) is 15.1. The fourth-order valence-corrected chi connectivity index (χ4v) is 2.73. The lowest BCUT2D eigenvalue weighted by molar-refractivity contribution is 0.569. The highest BCUT2D eigenvalue weighted by Gasteiger charge is 2.10. The van der Waals surface area contributed by atoms with Gasteiger partial charge in [0.15, 0.2) is 5.82 Å². The minimum Gasteiger partial charge on any atom is -0.315 e. The van der Waals surface area contributed by atoms with Gasteiger partial charge < -0.3 is 5.32 Å². The van der Waals surface area contributed by atoms with E-state index in [0.29, 0.717) is 6.04 Å². The van der Waals surface area contributed by atoms with Crippen LogP contribution < -0.4 is 5.32 Å². The summed E-state index contributed by atoms with van der Waals surface area (Å²) < 4.78 is 0. The second kappa shape index (κ2) is 6.90. The van der Waals surface area contributed by atoms with Crippen molar-refractivity contribution in [1.29, 1.82) is 0 Å². The first-order valence-electron chi connectivity index (χ1n) is 7.04. The van der Waals surface area contributed by atoms with Gasteiger partial charge in [0.25, 0.3) is 0 Å². The minimum atomic E-state index is 0.542. The number of thiazole rings is 1. The number of nitrogens with one attached hydrogen (secondary N) is 1. The molecule has 1 N–H and O–H groups in total. The second-order valence-corrected chi connectivity index (χ2v) is 6.00. The van der Waals surface area contributed by atoms with Crippen molar-refractivity contribution in [2.24, 2.45) is 0 Å². The van der Waals surface area contributed by atoms with Gasteiger partial charge in [0.2, 0.25) is 0 Å². The molecule has 108 valence electrons. The van der Waals surface area contributed by atoms with Crippen LogP contribution in [0.25, 0.3) is 11.5 Å². The predicted molar refractivity (Wildman–Crippen MR) is 84.1 cm³/mol. The maximum atomic E-state index is 4.60. The van der Waals surface area contributed by atoms with Crippen molar-refractivity contribution in [3.8, 4) is 11.5 Å². The quantitative estimate of drug-likeness (QED) is 0.830. The molecule has 0 fully saturated rings. The van der Waals surface area contributed by atoms with E-state index in [1.54, 1.807) is 11.3 Å². The van der Waals surface area contributed by atoms with E-state index >= 15 is 0 Å². The highest BCUT2D eigenvalue weighted by atomic mass is 32.1. The van der Waals surface area contributed by atoms with Crippen LogP contribution in [0, 0.1) is 13.8 Å². The van der Waals surface area contributed by atoms with Gasteiger partial charge in [0.1, 0.15) is 5.69 Å². The Labute approximate surface area is 124 Å². The van der Waals surface area contributed by atoms with Gasteiger partial charge >= 0.3 is 0 Å². The molecular formula is C15H22N4S. The molecule has 0 aliphatic carbocycles. The zero-order valence-electron chi connectivity index (χ0n) is 12.6. The molecule has 0 aromatic carbocycles. The highest BCUT2D eigenvalue weighted by Crippen LogP contribution is 2.19. The van der Waals surface area contributed by atoms with E-state index in [-0.39, 0.29) is 0 Å². The third-order valence-electron chi connectivity index (χ3n) is 3.24. The number of aromatic nitrogens is 3. The number of aryl methyl sites for hydroxylation is 2. The molecule has 2 aromatic rings. The van der Waals surface area contributed by atoms with Crippen LogP contribution >= 0.6 is 11.3 Å². The van der Waals surface area contributed by atoms with Gasteiger partial charge in [-0.1, -0.05) is 13.8 Å². The van der Waals surface area contributed by atoms with Crippen LogP contribution in [0.4, 0.5) is 0 Å². The molecule has 0 saturated heterocycles. The second-order valence-electron chi connectivity index (χ2n) is 5.28. The molecule has 2 rings (SSSR count). The molecule has 0 unspecified atom stereocenters. The smallest absolute Gasteiger partial charge is 0.179 e. The van der Waals surface area contributed by atoms with Crippen LogP contribution in [0.1, 0.15) is 37.2 Å². The van der Waals surface area contributed by atoms with Gasteiger partial charge in [0, 0.05) is 22.8 Å². The molecule has 20 heavy (non-hydrogen) atoms. The average molecular weight is 290 g/mol. The van der Waals surface area contributed by atoms with Crippen LogP contribution in [0.5, 0.6) is 0 Å². The zero-order valence-corrected chi connectivity index (χ0v) is 13.4. The number of nitrogens with zero attached hydrogens (tertiary/aromatic N) is 3. The summed E-state index contributed by atoms with van der Waals surface area (Å²) in [4.78, 5) is 13.5. The van der Waals surface area contributed by atoms with Gasteiger partial charge in [-0.15, -0.1) is 11.3 Å². The van der Waals surface area contributed by atoms with Gasteiger partial charge in [-0.3, -0.25) is 0 Å². The lowest BCUT2D eigenvalue weighted by atomic mass is 10.1. The van der Waals surface area contributed by atoms with E-state index in [0.717, 1.165) is 42.3 Å². The summed E-state index contributed by atoms with van der Waals surface area (Å²) in [6.45, 7) is 9.50. The van der Waals surface area contributed by atoms with Crippen molar-refractivity contribution < 1.29 is 0 Å². The van der Waals surface area contributed by atoms with Gasteiger partial charge in [-0.2, -0.15) is 0 Å². The van der Waals surface area contributed by atoms with E-state index < -0.39 is 0 Å². The Bertz CT molecular complexity index is 526. The van der Waals surface area contributed by atoms with Crippen LogP contribution in [0.2, 0.25) is 0 Å². The van der Waals surface area contributed by atoms with Crippen molar-refractivity contribution in [3.05, 3.63) is 27.8 Å². The van der Waals surface area contributed by atoms with Crippen LogP contribution in [-0.4, -0.2) is 27.5 Å². The summed E-state index contributed by atoms with van der Waals surface area (Å²) in [5, 5.41) is 5.43. The van der Waals surface area contributed by atoms with E-state index in [1.807, 2.05) is 10.9 Å². The predicted octanol–water partition coefficient (Wildman–Crippen LogP) is 3.15.